The molecule has 1 unspecified atom stereocenters. The summed E-state index contributed by atoms with van der Waals surface area (Å²) in [7, 11) is 1.67. The minimum atomic E-state index is -0.657. The second-order valence-corrected chi connectivity index (χ2v) is 8.42. The zero-order valence-corrected chi connectivity index (χ0v) is 17.2. The van der Waals surface area contributed by atoms with Gasteiger partial charge in [-0.05, 0) is 47.9 Å². The van der Waals surface area contributed by atoms with E-state index in [0.29, 0.717) is 25.2 Å². The number of carbonyl (C=O) groups excluding carboxylic acids is 2. The van der Waals surface area contributed by atoms with Crippen LogP contribution in [0.2, 0.25) is 0 Å². The molecule has 4 rings (SSSR count). The smallest absolute Gasteiger partial charge is 0.271 e. The molecule has 3 heterocycles. The monoisotopic (exact) mass is 408 g/mol. The van der Waals surface area contributed by atoms with Crippen molar-refractivity contribution in [1.82, 2.24) is 20.4 Å². The van der Waals surface area contributed by atoms with E-state index in [1.54, 1.807) is 35.5 Å². The molecule has 2 amide bonds. The van der Waals surface area contributed by atoms with Gasteiger partial charge in [0.15, 0.2) is 0 Å². The number of benzene rings is 1. The van der Waals surface area contributed by atoms with Crippen LogP contribution in [0.5, 0.6) is 0 Å². The van der Waals surface area contributed by atoms with Gasteiger partial charge in [-0.3, -0.25) is 14.7 Å². The summed E-state index contributed by atoms with van der Waals surface area (Å²) >= 11 is 1.69. The van der Waals surface area contributed by atoms with E-state index in [1.165, 1.54) is 4.88 Å². The van der Waals surface area contributed by atoms with Crippen LogP contribution in [0.15, 0.2) is 54.0 Å². The van der Waals surface area contributed by atoms with Crippen molar-refractivity contribution in [2.75, 3.05) is 20.1 Å². The highest BCUT2D eigenvalue weighted by Crippen LogP contribution is 2.38. The lowest BCUT2D eigenvalue weighted by Crippen LogP contribution is -2.54. The van der Waals surface area contributed by atoms with Crippen molar-refractivity contribution < 1.29 is 9.59 Å². The van der Waals surface area contributed by atoms with Crippen LogP contribution >= 0.6 is 11.3 Å². The predicted octanol–water partition coefficient (Wildman–Crippen LogP) is 3.35. The molecule has 1 aliphatic rings. The van der Waals surface area contributed by atoms with Crippen molar-refractivity contribution in [3.05, 3.63) is 65.3 Å². The topological polar surface area (TPSA) is 78.1 Å². The number of piperidine rings is 1. The van der Waals surface area contributed by atoms with Gasteiger partial charge in [-0.1, -0.05) is 30.3 Å². The van der Waals surface area contributed by atoms with Crippen molar-refractivity contribution in [2.24, 2.45) is 5.41 Å². The molecule has 0 aliphatic carbocycles. The fourth-order valence-electron chi connectivity index (χ4n) is 4.24. The summed E-state index contributed by atoms with van der Waals surface area (Å²) in [4.78, 5) is 28.9. The zero-order valence-electron chi connectivity index (χ0n) is 16.4. The Bertz CT molecular complexity index is 984. The number of thiophene rings is 1. The lowest BCUT2D eigenvalue weighted by Gasteiger charge is -2.41. The van der Waals surface area contributed by atoms with Crippen LogP contribution in [-0.4, -0.2) is 47.0 Å². The number of hydrogen-bond donors (Lipinski definition) is 2. The molecule has 6 nitrogen and oxygen atoms in total. The second-order valence-electron chi connectivity index (χ2n) is 7.47. The summed E-state index contributed by atoms with van der Waals surface area (Å²) in [6.07, 6.45) is 3.70. The SMILES string of the molecule is CNC(=O)C1(Cc2ccccc2-c2cccs2)CCCN(C(=O)c2ccn[nH]2)C1. The molecule has 1 aromatic carbocycles. The number of amides is 2. The van der Waals surface area contributed by atoms with Gasteiger partial charge in [0.2, 0.25) is 5.91 Å². The number of nitrogens with one attached hydrogen (secondary N) is 2. The number of aromatic nitrogens is 2. The van der Waals surface area contributed by atoms with Gasteiger partial charge in [0.1, 0.15) is 5.69 Å². The second kappa shape index (κ2) is 8.21. The molecule has 1 atom stereocenters. The third kappa shape index (κ3) is 3.82. The average Bonchev–Trinajstić information content (AvgIpc) is 3.47. The van der Waals surface area contributed by atoms with E-state index in [2.05, 4.69) is 39.1 Å². The van der Waals surface area contributed by atoms with Crippen LogP contribution in [-0.2, 0) is 11.2 Å². The molecule has 7 heteroatoms. The molecule has 0 radical (unpaired) electrons. The zero-order chi connectivity index (χ0) is 20.3. The Morgan fingerprint density at radius 2 is 2.10 bits per heavy atom. The molecule has 29 heavy (non-hydrogen) atoms. The van der Waals surface area contributed by atoms with Gasteiger partial charge in [-0.15, -0.1) is 11.3 Å². The maximum Gasteiger partial charge on any atom is 0.271 e. The van der Waals surface area contributed by atoms with Gasteiger partial charge >= 0.3 is 0 Å². The summed E-state index contributed by atoms with van der Waals surface area (Å²) < 4.78 is 0. The van der Waals surface area contributed by atoms with E-state index in [1.807, 2.05) is 18.2 Å². The van der Waals surface area contributed by atoms with Crippen molar-refractivity contribution >= 4 is 23.2 Å². The van der Waals surface area contributed by atoms with Gasteiger partial charge in [-0.2, -0.15) is 5.10 Å². The van der Waals surface area contributed by atoms with E-state index in [9.17, 15) is 9.59 Å². The Kier molecular flexibility index (Phi) is 5.49. The van der Waals surface area contributed by atoms with Crippen LogP contribution in [0.1, 0.15) is 28.9 Å². The number of rotatable bonds is 5. The van der Waals surface area contributed by atoms with Crippen LogP contribution in [0.4, 0.5) is 0 Å². The van der Waals surface area contributed by atoms with Crippen molar-refractivity contribution in [3.8, 4) is 10.4 Å². The maximum absolute atomic E-state index is 13.1. The Morgan fingerprint density at radius 3 is 2.83 bits per heavy atom. The first-order valence-corrected chi connectivity index (χ1v) is 10.6. The summed E-state index contributed by atoms with van der Waals surface area (Å²) in [5.41, 5.74) is 2.09. The average molecular weight is 409 g/mol. The summed E-state index contributed by atoms with van der Waals surface area (Å²) in [5, 5.41) is 11.5. The van der Waals surface area contributed by atoms with E-state index < -0.39 is 5.41 Å². The van der Waals surface area contributed by atoms with Crippen LogP contribution < -0.4 is 5.32 Å². The van der Waals surface area contributed by atoms with Crippen LogP contribution in [0.25, 0.3) is 10.4 Å². The molecule has 2 aromatic heterocycles. The molecule has 0 saturated carbocycles. The number of likely N-dealkylation sites (tertiary alicyclic amines) is 1. The number of aromatic amines is 1. The van der Waals surface area contributed by atoms with Crippen LogP contribution in [0.3, 0.4) is 0 Å². The van der Waals surface area contributed by atoms with Gasteiger partial charge in [-0.25, -0.2) is 0 Å². The van der Waals surface area contributed by atoms with Gasteiger partial charge < -0.3 is 10.2 Å². The lowest BCUT2D eigenvalue weighted by atomic mass is 9.73. The Morgan fingerprint density at radius 1 is 1.24 bits per heavy atom. The lowest BCUT2D eigenvalue weighted by molar-refractivity contribution is -0.133. The van der Waals surface area contributed by atoms with Crippen LogP contribution in [0, 0.1) is 5.41 Å². The first-order chi connectivity index (χ1) is 14.1. The molecular formula is C22H24N4O2S. The molecule has 0 bridgehead atoms. The van der Waals surface area contributed by atoms with E-state index in [-0.39, 0.29) is 11.8 Å². The largest absolute Gasteiger partial charge is 0.359 e. The normalized spacial score (nSPS) is 19.1. The number of nitrogens with zero attached hydrogens (tertiary/aromatic N) is 2. The van der Waals surface area contributed by atoms with Gasteiger partial charge in [0.05, 0.1) is 5.41 Å². The first kappa shape index (κ1) is 19.4. The highest BCUT2D eigenvalue weighted by atomic mass is 32.1. The number of H-pyrrole nitrogens is 1. The van der Waals surface area contributed by atoms with E-state index in [0.717, 1.165) is 24.0 Å². The maximum atomic E-state index is 13.1. The summed E-state index contributed by atoms with van der Waals surface area (Å²) in [5.74, 6) is -0.123. The highest BCUT2D eigenvalue weighted by Gasteiger charge is 2.43. The third-order valence-electron chi connectivity index (χ3n) is 5.64. The minimum Gasteiger partial charge on any atom is -0.359 e. The molecule has 1 fully saturated rings. The molecule has 0 spiro atoms. The molecule has 1 aliphatic heterocycles. The Balaban J connectivity index is 1.66. The fourth-order valence-corrected chi connectivity index (χ4v) is 5.02. The predicted molar refractivity (Wildman–Crippen MR) is 114 cm³/mol. The quantitative estimate of drug-likeness (QED) is 0.680. The van der Waals surface area contributed by atoms with Crippen molar-refractivity contribution in [3.63, 3.8) is 0 Å². The van der Waals surface area contributed by atoms with Gasteiger partial charge in [0, 0.05) is 31.2 Å². The minimum absolute atomic E-state index is 0.0133. The Hall–Kier alpha value is -2.93. The molecular weight excluding hydrogens is 384 g/mol. The van der Waals surface area contributed by atoms with E-state index in [4.69, 9.17) is 0 Å². The summed E-state index contributed by atoms with van der Waals surface area (Å²) in [6, 6.07) is 14.1. The first-order valence-electron chi connectivity index (χ1n) is 9.75. The van der Waals surface area contributed by atoms with Crippen molar-refractivity contribution in [2.45, 2.75) is 19.3 Å². The molecule has 1 saturated heterocycles. The standard InChI is InChI=1S/C22H24N4O2S/c1-23-21(28)22(10-5-12-26(15-22)20(27)18-9-11-24-25-18)14-16-6-2-3-7-17(16)19-8-4-13-29-19/h2-4,6-9,11,13H,5,10,12,14-15H2,1H3,(H,23,28)(H,24,25). The highest BCUT2D eigenvalue weighted by molar-refractivity contribution is 7.13. The summed E-state index contributed by atoms with van der Waals surface area (Å²) in [6.45, 7) is 1.03. The van der Waals surface area contributed by atoms with E-state index >= 15 is 0 Å². The molecule has 2 N–H and O–H groups in total. The Labute approximate surface area is 173 Å². The number of carbonyl (C=O) groups is 2. The third-order valence-corrected chi connectivity index (χ3v) is 6.54. The molecule has 3 aromatic rings. The fraction of sp³-hybridized carbons (Fsp3) is 0.318. The molecule has 150 valence electrons. The van der Waals surface area contributed by atoms with Gasteiger partial charge in [0.25, 0.3) is 5.91 Å². The number of hydrogen-bond acceptors (Lipinski definition) is 4. The van der Waals surface area contributed by atoms with Crippen molar-refractivity contribution in [1.29, 1.82) is 0 Å².